The number of hydrogen-bond acceptors (Lipinski definition) is 4. The maximum Gasteiger partial charge on any atom is 0.237 e. The molecule has 0 aromatic heterocycles. The van der Waals surface area contributed by atoms with Crippen LogP contribution in [0.1, 0.15) is 12.5 Å². The highest BCUT2D eigenvalue weighted by atomic mass is 16.5. The Bertz CT molecular complexity index is 462. The van der Waals surface area contributed by atoms with Crippen molar-refractivity contribution in [3.05, 3.63) is 23.8 Å². The third-order valence-electron chi connectivity index (χ3n) is 3.49. The number of nitrogens with one attached hydrogen (secondary N) is 1. The fourth-order valence-corrected chi connectivity index (χ4v) is 2.27. The average molecular weight is 264 g/mol. The van der Waals surface area contributed by atoms with E-state index >= 15 is 0 Å². The monoisotopic (exact) mass is 264 g/mol. The second-order valence-corrected chi connectivity index (χ2v) is 4.62. The SMILES string of the molecule is COc1ccc(OC)c(CN2CCNC(=O)[C@H]2C)c1. The van der Waals surface area contributed by atoms with E-state index < -0.39 is 0 Å². The summed E-state index contributed by atoms with van der Waals surface area (Å²) >= 11 is 0. The Morgan fingerprint density at radius 2 is 2.16 bits per heavy atom. The first kappa shape index (κ1) is 13.7. The summed E-state index contributed by atoms with van der Waals surface area (Å²) < 4.78 is 10.6. The van der Waals surface area contributed by atoms with Crippen LogP contribution in [0.4, 0.5) is 0 Å². The third kappa shape index (κ3) is 2.98. The average Bonchev–Trinajstić information content (AvgIpc) is 2.43. The largest absolute Gasteiger partial charge is 0.497 e. The highest BCUT2D eigenvalue weighted by molar-refractivity contribution is 5.82. The zero-order chi connectivity index (χ0) is 13.8. The van der Waals surface area contributed by atoms with Gasteiger partial charge in [-0.2, -0.15) is 0 Å². The van der Waals surface area contributed by atoms with Gasteiger partial charge in [0.2, 0.25) is 5.91 Å². The minimum Gasteiger partial charge on any atom is -0.497 e. The molecule has 1 amide bonds. The first-order chi connectivity index (χ1) is 9.15. The Hall–Kier alpha value is -1.75. The molecule has 5 nitrogen and oxygen atoms in total. The molecule has 5 heteroatoms. The first-order valence-corrected chi connectivity index (χ1v) is 6.38. The predicted octanol–water partition coefficient (Wildman–Crippen LogP) is 1.02. The van der Waals surface area contributed by atoms with Gasteiger partial charge in [0, 0.05) is 25.2 Å². The summed E-state index contributed by atoms with van der Waals surface area (Å²) in [7, 11) is 3.29. The van der Waals surface area contributed by atoms with E-state index in [1.807, 2.05) is 25.1 Å². The minimum absolute atomic E-state index is 0.0770. The predicted molar refractivity (Wildman–Crippen MR) is 72.4 cm³/mol. The van der Waals surface area contributed by atoms with Crippen LogP contribution in [0.3, 0.4) is 0 Å². The minimum atomic E-state index is -0.121. The van der Waals surface area contributed by atoms with Crippen molar-refractivity contribution in [2.75, 3.05) is 27.3 Å². The lowest BCUT2D eigenvalue weighted by molar-refractivity contribution is -0.128. The molecule has 0 spiro atoms. The molecule has 1 aromatic rings. The topological polar surface area (TPSA) is 50.8 Å². The van der Waals surface area contributed by atoms with E-state index in [2.05, 4.69) is 10.2 Å². The fourth-order valence-electron chi connectivity index (χ4n) is 2.27. The first-order valence-electron chi connectivity index (χ1n) is 6.38. The van der Waals surface area contributed by atoms with Crippen molar-refractivity contribution >= 4 is 5.91 Å². The summed E-state index contributed by atoms with van der Waals surface area (Å²) in [4.78, 5) is 13.8. The van der Waals surface area contributed by atoms with Crippen molar-refractivity contribution in [2.24, 2.45) is 0 Å². The molecule has 19 heavy (non-hydrogen) atoms. The number of amides is 1. The van der Waals surface area contributed by atoms with Crippen LogP contribution in [-0.2, 0) is 11.3 Å². The van der Waals surface area contributed by atoms with Crippen molar-refractivity contribution in [1.82, 2.24) is 10.2 Å². The highest BCUT2D eigenvalue weighted by Gasteiger charge is 2.26. The van der Waals surface area contributed by atoms with Crippen LogP contribution < -0.4 is 14.8 Å². The maximum absolute atomic E-state index is 11.7. The standard InChI is InChI=1S/C14H20N2O3/c1-10-14(17)15-6-7-16(10)9-11-8-12(18-2)4-5-13(11)19-3/h4-5,8,10H,6-7,9H2,1-3H3,(H,15,17)/t10-/m1/s1. The Balaban J connectivity index is 2.19. The Kier molecular flexibility index (Phi) is 4.27. The summed E-state index contributed by atoms with van der Waals surface area (Å²) in [6, 6.07) is 5.60. The fraction of sp³-hybridized carbons (Fsp3) is 0.500. The molecular formula is C14H20N2O3. The van der Waals surface area contributed by atoms with Gasteiger partial charge in [-0.3, -0.25) is 9.69 Å². The van der Waals surface area contributed by atoms with Crippen molar-refractivity contribution < 1.29 is 14.3 Å². The van der Waals surface area contributed by atoms with E-state index in [0.29, 0.717) is 13.1 Å². The summed E-state index contributed by atoms with van der Waals surface area (Å²) in [5.74, 6) is 1.69. The van der Waals surface area contributed by atoms with Gasteiger partial charge in [-0.15, -0.1) is 0 Å². The summed E-state index contributed by atoms with van der Waals surface area (Å²) in [6.07, 6.45) is 0. The maximum atomic E-state index is 11.7. The molecule has 1 fully saturated rings. The van der Waals surface area contributed by atoms with Gasteiger partial charge in [-0.1, -0.05) is 0 Å². The molecule has 0 radical (unpaired) electrons. The second kappa shape index (κ2) is 5.93. The Morgan fingerprint density at radius 1 is 1.37 bits per heavy atom. The molecule has 1 atom stereocenters. The summed E-state index contributed by atoms with van der Waals surface area (Å²) in [5.41, 5.74) is 1.03. The second-order valence-electron chi connectivity index (χ2n) is 4.62. The smallest absolute Gasteiger partial charge is 0.237 e. The van der Waals surface area contributed by atoms with E-state index in [9.17, 15) is 4.79 Å². The molecule has 1 heterocycles. The van der Waals surface area contributed by atoms with Gasteiger partial charge in [0.15, 0.2) is 0 Å². The zero-order valence-corrected chi connectivity index (χ0v) is 11.6. The Labute approximate surface area is 113 Å². The van der Waals surface area contributed by atoms with Crippen LogP contribution >= 0.6 is 0 Å². The molecule has 2 rings (SSSR count). The number of rotatable bonds is 4. The van der Waals surface area contributed by atoms with E-state index in [4.69, 9.17) is 9.47 Å². The number of ether oxygens (including phenoxy) is 2. The lowest BCUT2D eigenvalue weighted by atomic mass is 10.1. The number of benzene rings is 1. The number of carbonyl (C=O) groups is 1. The number of methoxy groups -OCH3 is 2. The molecule has 1 aliphatic rings. The van der Waals surface area contributed by atoms with Crippen LogP contribution in [-0.4, -0.2) is 44.2 Å². The molecule has 1 aromatic carbocycles. The van der Waals surface area contributed by atoms with Gasteiger partial charge >= 0.3 is 0 Å². The third-order valence-corrected chi connectivity index (χ3v) is 3.49. The summed E-state index contributed by atoms with van der Waals surface area (Å²) in [6.45, 7) is 4.12. The van der Waals surface area contributed by atoms with E-state index in [1.54, 1.807) is 14.2 Å². The van der Waals surface area contributed by atoms with Crippen molar-refractivity contribution in [2.45, 2.75) is 19.5 Å². The van der Waals surface area contributed by atoms with Crippen LogP contribution in [0, 0.1) is 0 Å². The number of hydrogen-bond donors (Lipinski definition) is 1. The molecule has 1 aliphatic heterocycles. The molecular weight excluding hydrogens is 244 g/mol. The van der Waals surface area contributed by atoms with E-state index in [1.165, 1.54) is 0 Å². The molecule has 0 aliphatic carbocycles. The normalized spacial score (nSPS) is 19.9. The molecule has 0 bridgehead atoms. The van der Waals surface area contributed by atoms with Crippen molar-refractivity contribution in [1.29, 1.82) is 0 Å². The lowest BCUT2D eigenvalue weighted by Gasteiger charge is -2.33. The highest BCUT2D eigenvalue weighted by Crippen LogP contribution is 2.26. The van der Waals surface area contributed by atoms with Gasteiger partial charge in [0.05, 0.1) is 20.3 Å². The van der Waals surface area contributed by atoms with Gasteiger partial charge in [-0.25, -0.2) is 0 Å². The lowest BCUT2D eigenvalue weighted by Crippen LogP contribution is -2.53. The summed E-state index contributed by atoms with van der Waals surface area (Å²) in [5, 5.41) is 2.86. The molecule has 1 saturated heterocycles. The van der Waals surface area contributed by atoms with Gasteiger partial charge in [0.25, 0.3) is 0 Å². The number of piperazine rings is 1. The van der Waals surface area contributed by atoms with Crippen LogP contribution in [0.25, 0.3) is 0 Å². The quantitative estimate of drug-likeness (QED) is 0.882. The van der Waals surface area contributed by atoms with Gasteiger partial charge < -0.3 is 14.8 Å². The van der Waals surface area contributed by atoms with Crippen LogP contribution in [0.5, 0.6) is 11.5 Å². The van der Waals surface area contributed by atoms with Gasteiger partial charge in [0.1, 0.15) is 11.5 Å². The number of carbonyl (C=O) groups excluding carboxylic acids is 1. The van der Waals surface area contributed by atoms with E-state index in [-0.39, 0.29) is 11.9 Å². The zero-order valence-electron chi connectivity index (χ0n) is 11.6. The van der Waals surface area contributed by atoms with E-state index in [0.717, 1.165) is 23.6 Å². The van der Waals surface area contributed by atoms with Gasteiger partial charge in [-0.05, 0) is 25.1 Å². The van der Waals surface area contributed by atoms with Crippen molar-refractivity contribution in [3.8, 4) is 11.5 Å². The molecule has 0 unspecified atom stereocenters. The molecule has 104 valence electrons. The molecule has 1 N–H and O–H groups in total. The Morgan fingerprint density at radius 3 is 2.84 bits per heavy atom. The van der Waals surface area contributed by atoms with Crippen LogP contribution in [0.15, 0.2) is 18.2 Å². The van der Waals surface area contributed by atoms with Crippen molar-refractivity contribution in [3.63, 3.8) is 0 Å². The van der Waals surface area contributed by atoms with Crippen LogP contribution in [0.2, 0.25) is 0 Å². The molecule has 0 saturated carbocycles. The number of nitrogens with zero attached hydrogens (tertiary/aromatic N) is 1.